The first-order chi connectivity index (χ1) is 8.02. The molecular weight excluding hydrogens is 222 g/mol. The second kappa shape index (κ2) is 6.03. The van der Waals surface area contributed by atoms with Crippen LogP contribution in [0.25, 0.3) is 0 Å². The molecule has 94 valence electrons. The maximum atomic E-state index is 11.6. The Bertz CT molecular complexity index is 440. The topological polar surface area (TPSA) is 84.1 Å². The average Bonchev–Trinajstić information content (AvgIpc) is 2.21. The SMILES string of the molecule is CCOC(=O)Cc1cnc(NC(C)C)[nH]c1=O. The third kappa shape index (κ3) is 4.26. The van der Waals surface area contributed by atoms with E-state index in [2.05, 4.69) is 15.3 Å². The van der Waals surface area contributed by atoms with Crippen LogP contribution in [-0.4, -0.2) is 28.6 Å². The molecule has 6 heteroatoms. The van der Waals surface area contributed by atoms with Gasteiger partial charge in [-0.25, -0.2) is 4.98 Å². The van der Waals surface area contributed by atoms with Crippen molar-refractivity contribution in [3.63, 3.8) is 0 Å². The van der Waals surface area contributed by atoms with Gasteiger partial charge in [-0.05, 0) is 20.8 Å². The van der Waals surface area contributed by atoms with Crippen LogP contribution in [0.4, 0.5) is 5.95 Å². The Morgan fingerprint density at radius 3 is 2.82 bits per heavy atom. The van der Waals surface area contributed by atoms with E-state index in [0.29, 0.717) is 18.1 Å². The molecule has 0 aromatic carbocycles. The molecule has 0 atom stereocenters. The Morgan fingerprint density at radius 1 is 1.59 bits per heavy atom. The van der Waals surface area contributed by atoms with E-state index in [9.17, 15) is 9.59 Å². The highest BCUT2D eigenvalue weighted by molar-refractivity contribution is 5.72. The number of ether oxygens (including phenoxy) is 1. The molecule has 1 aromatic heterocycles. The minimum absolute atomic E-state index is 0.0574. The van der Waals surface area contributed by atoms with E-state index in [-0.39, 0.29) is 18.0 Å². The summed E-state index contributed by atoms with van der Waals surface area (Å²) in [4.78, 5) is 29.4. The maximum Gasteiger partial charge on any atom is 0.310 e. The van der Waals surface area contributed by atoms with Gasteiger partial charge in [-0.2, -0.15) is 0 Å². The minimum Gasteiger partial charge on any atom is -0.466 e. The van der Waals surface area contributed by atoms with E-state index >= 15 is 0 Å². The summed E-state index contributed by atoms with van der Waals surface area (Å²) in [5, 5.41) is 2.97. The summed E-state index contributed by atoms with van der Waals surface area (Å²) in [5.74, 6) is -0.0259. The third-order valence-corrected chi connectivity index (χ3v) is 1.94. The van der Waals surface area contributed by atoms with Gasteiger partial charge in [-0.1, -0.05) is 0 Å². The lowest BCUT2D eigenvalue weighted by Gasteiger charge is -2.08. The molecule has 0 amide bonds. The lowest BCUT2D eigenvalue weighted by Crippen LogP contribution is -2.22. The Labute approximate surface area is 99.4 Å². The van der Waals surface area contributed by atoms with Gasteiger partial charge in [0.2, 0.25) is 5.95 Å². The summed E-state index contributed by atoms with van der Waals surface area (Å²) in [6.45, 7) is 5.90. The van der Waals surface area contributed by atoms with Gasteiger partial charge < -0.3 is 10.1 Å². The number of nitrogens with one attached hydrogen (secondary N) is 2. The van der Waals surface area contributed by atoms with Crippen molar-refractivity contribution in [1.29, 1.82) is 0 Å². The van der Waals surface area contributed by atoms with Gasteiger partial charge in [-0.3, -0.25) is 14.6 Å². The van der Waals surface area contributed by atoms with Crippen molar-refractivity contribution in [2.75, 3.05) is 11.9 Å². The smallest absolute Gasteiger partial charge is 0.310 e. The van der Waals surface area contributed by atoms with Crippen molar-refractivity contribution in [3.8, 4) is 0 Å². The molecule has 0 aliphatic carbocycles. The quantitative estimate of drug-likeness (QED) is 0.739. The molecule has 0 aliphatic rings. The highest BCUT2D eigenvalue weighted by Crippen LogP contribution is 1.99. The summed E-state index contributed by atoms with van der Waals surface area (Å²) in [7, 11) is 0. The summed E-state index contributed by atoms with van der Waals surface area (Å²) in [5.41, 5.74) is -0.0195. The molecule has 0 aliphatic heterocycles. The Morgan fingerprint density at radius 2 is 2.29 bits per heavy atom. The zero-order valence-electron chi connectivity index (χ0n) is 10.2. The highest BCUT2D eigenvalue weighted by Gasteiger charge is 2.09. The number of aromatic nitrogens is 2. The van der Waals surface area contributed by atoms with E-state index in [1.165, 1.54) is 6.20 Å². The summed E-state index contributed by atoms with van der Waals surface area (Å²) in [6, 6.07) is 0.175. The van der Waals surface area contributed by atoms with Crippen LogP contribution in [0.1, 0.15) is 26.3 Å². The molecule has 1 heterocycles. The number of rotatable bonds is 5. The number of hydrogen-bond acceptors (Lipinski definition) is 5. The molecule has 1 rings (SSSR count). The minimum atomic E-state index is -0.427. The average molecular weight is 239 g/mol. The first kappa shape index (κ1) is 13.2. The summed E-state index contributed by atoms with van der Waals surface area (Å²) < 4.78 is 4.76. The van der Waals surface area contributed by atoms with Crippen molar-refractivity contribution < 1.29 is 9.53 Å². The maximum absolute atomic E-state index is 11.6. The number of anilines is 1. The molecule has 1 aromatic rings. The van der Waals surface area contributed by atoms with Crippen LogP contribution in [0.2, 0.25) is 0 Å². The van der Waals surface area contributed by atoms with Crippen molar-refractivity contribution in [2.24, 2.45) is 0 Å². The molecule has 0 spiro atoms. The van der Waals surface area contributed by atoms with Gasteiger partial charge >= 0.3 is 5.97 Å². The van der Waals surface area contributed by atoms with Crippen LogP contribution < -0.4 is 10.9 Å². The number of esters is 1. The van der Waals surface area contributed by atoms with Crippen LogP contribution in [-0.2, 0) is 16.0 Å². The lowest BCUT2D eigenvalue weighted by atomic mass is 10.2. The van der Waals surface area contributed by atoms with Gasteiger partial charge in [0.05, 0.1) is 13.0 Å². The zero-order valence-corrected chi connectivity index (χ0v) is 10.2. The predicted octanol–water partition coefficient (Wildman–Crippen LogP) is 0.696. The number of carbonyl (C=O) groups excluding carboxylic acids is 1. The largest absolute Gasteiger partial charge is 0.466 e. The first-order valence-corrected chi connectivity index (χ1v) is 5.53. The number of aromatic amines is 1. The molecule has 0 radical (unpaired) electrons. The molecule has 0 fully saturated rings. The second-order valence-electron chi connectivity index (χ2n) is 3.87. The molecule has 0 bridgehead atoms. The number of hydrogen-bond donors (Lipinski definition) is 2. The van der Waals surface area contributed by atoms with Crippen molar-refractivity contribution in [1.82, 2.24) is 9.97 Å². The van der Waals surface area contributed by atoms with Crippen LogP contribution in [0, 0.1) is 0 Å². The molecule has 6 nitrogen and oxygen atoms in total. The molecule has 17 heavy (non-hydrogen) atoms. The van der Waals surface area contributed by atoms with Crippen LogP contribution in [0.15, 0.2) is 11.0 Å². The van der Waals surface area contributed by atoms with Gasteiger partial charge in [-0.15, -0.1) is 0 Å². The van der Waals surface area contributed by atoms with Crippen LogP contribution in [0.3, 0.4) is 0 Å². The van der Waals surface area contributed by atoms with Crippen molar-refractivity contribution >= 4 is 11.9 Å². The normalized spacial score (nSPS) is 10.4. The first-order valence-electron chi connectivity index (χ1n) is 5.53. The molecule has 2 N–H and O–H groups in total. The Hall–Kier alpha value is -1.85. The standard InChI is InChI=1S/C11H17N3O3/c1-4-17-9(15)5-8-6-12-11(13-7(2)3)14-10(8)16/h6-7H,4-5H2,1-3H3,(H2,12,13,14,16). The summed E-state index contributed by atoms with van der Waals surface area (Å²) in [6.07, 6.45) is 1.33. The fourth-order valence-corrected chi connectivity index (χ4v) is 1.26. The Balaban J connectivity index is 2.76. The van der Waals surface area contributed by atoms with E-state index in [0.717, 1.165) is 0 Å². The van der Waals surface area contributed by atoms with Crippen LogP contribution >= 0.6 is 0 Å². The van der Waals surface area contributed by atoms with E-state index < -0.39 is 5.97 Å². The lowest BCUT2D eigenvalue weighted by molar-refractivity contribution is -0.142. The molecule has 0 unspecified atom stereocenters. The number of nitrogens with zero attached hydrogens (tertiary/aromatic N) is 1. The number of H-pyrrole nitrogens is 1. The van der Waals surface area contributed by atoms with E-state index in [1.54, 1.807) is 6.92 Å². The van der Waals surface area contributed by atoms with Crippen molar-refractivity contribution in [2.45, 2.75) is 33.2 Å². The number of carbonyl (C=O) groups is 1. The molecule has 0 saturated heterocycles. The second-order valence-corrected chi connectivity index (χ2v) is 3.87. The predicted molar refractivity (Wildman–Crippen MR) is 64.0 cm³/mol. The van der Waals surface area contributed by atoms with Gasteiger partial charge in [0.1, 0.15) is 0 Å². The van der Waals surface area contributed by atoms with E-state index in [4.69, 9.17) is 4.74 Å². The fraction of sp³-hybridized carbons (Fsp3) is 0.545. The van der Waals surface area contributed by atoms with Gasteiger partial charge in [0, 0.05) is 17.8 Å². The van der Waals surface area contributed by atoms with Gasteiger partial charge in [0.15, 0.2) is 0 Å². The Kier molecular flexibility index (Phi) is 4.68. The fourth-order valence-electron chi connectivity index (χ4n) is 1.26. The summed E-state index contributed by atoms with van der Waals surface area (Å²) >= 11 is 0. The molecule has 0 saturated carbocycles. The van der Waals surface area contributed by atoms with Crippen molar-refractivity contribution in [3.05, 3.63) is 22.1 Å². The zero-order chi connectivity index (χ0) is 12.8. The third-order valence-electron chi connectivity index (χ3n) is 1.94. The monoisotopic (exact) mass is 239 g/mol. The highest BCUT2D eigenvalue weighted by atomic mass is 16.5. The van der Waals surface area contributed by atoms with E-state index in [1.807, 2.05) is 13.8 Å². The van der Waals surface area contributed by atoms with Crippen LogP contribution in [0.5, 0.6) is 0 Å². The van der Waals surface area contributed by atoms with Gasteiger partial charge in [0.25, 0.3) is 5.56 Å². The molecular formula is C11H17N3O3.